The minimum absolute atomic E-state index is 0.0340. The van der Waals surface area contributed by atoms with Gasteiger partial charge in [-0.1, -0.05) is 20.8 Å². The number of pyridine rings is 1. The molecular weight excluding hydrogens is 294 g/mol. The quantitative estimate of drug-likeness (QED) is 0.904. The van der Waals surface area contributed by atoms with E-state index in [4.69, 9.17) is 0 Å². The third-order valence-electron chi connectivity index (χ3n) is 4.45. The molecule has 2 heterocycles. The number of aromatic nitrogens is 1. The van der Waals surface area contributed by atoms with Crippen molar-refractivity contribution in [1.82, 2.24) is 9.88 Å². The summed E-state index contributed by atoms with van der Waals surface area (Å²) in [5.74, 6) is 3.11. The molecule has 1 aliphatic rings. The number of aryl methyl sites for hydroxylation is 1. The molecular formula is C17H27N3OS. The first-order valence-corrected chi connectivity index (χ1v) is 9.15. The van der Waals surface area contributed by atoms with Crippen LogP contribution < -0.4 is 5.32 Å². The number of hydrogen-bond donors (Lipinski definition) is 1. The van der Waals surface area contributed by atoms with E-state index in [1.54, 1.807) is 0 Å². The van der Waals surface area contributed by atoms with Gasteiger partial charge in [0.15, 0.2) is 0 Å². The highest BCUT2D eigenvalue weighted by Crippen LogP contribution is 2.23. The highest BCUT2D eigenvalue weighted by atomic mass is 32.2. The van der Waals surface area contributed by atoms with E-state index in [0.717, 1.165) is 26.1 Å². The molecule has 0 atom stereocenters. The van der Waals surface area contributed by atoms with Gasteiger partial charge in [-0.2, -0.15) is 11.8 Å². The fourth-order valence-corrected chi connectivity index (χ4v) is 3.23. The summed E-state index contributed by atoms with van der Waals surface area (Å²) in [5, 5.41) is 2.97. The Labute approximate surface area is 138 Å². The number of carbonyl (C=O) groups excluding carboxylic acids is 1. The summed E-state index contributed by atoms with van der Waals surface area (Å²) >= 11 is 2.02. The number of rotatable bonds is 5. The molecule has 1 aromatic rings. The van der Waals surface area contributed by atoms with E-state index in [1.807, 2.05) is 44.8 Å². The molecule has 0 saturated carbocycles. The number of carbonyl (C=O) groups is 1. The van der Waals surface area contributed by atoms with E-state index in [2.05, 4.69) is 22.1 Å². The van der Waals surface area contributed by atoms with Gasteiger partial charge in [-0.05, 0) is 30.5 Å². The van der Waals surface area contributed by atoms with E-state index in [-0.39, 0.29) is 11.3 Å². The van der Waals surface area contributed by atoms with Gasteiger partial charge in [0.05, 0.1) is 0 Å². The Morgan fingerprint density at radius 2 is 2.09 bits per heavy atom. The van der Waals surface area contributed by atoms with E-state index >= 15 is 0 Å². The number of nitrogens with zero attached hydrogens (tertiary/aromatic N) is 2. The van der Waals surface area contributed by atoms with Gasteiger partial charge in [-0.25, -0.2) is 4.98 Å². The van der Waals surface area contributed by atoms with Crippen molar-refractivity contribution in [1.29, 1.82) is 0 Å². The van der Waals surface area contributed by atoms with Crippen LogP contribution in [0.4, 0.5) is 5.82 Å². The molecule has 4 nitrogen and oxygen atoms in total. The molecule has 1 fully saturated rings. The van der Waals surface area contributed by atoms with Crippen LogP contribution in [0.25, 0.3) is 0 Å². The first-order chi connectivity index (χ1) is 10.4. The summed E-state index contributed by atoms with van der Waals surface area (Å²) in [5.41, 5.74) is 2.08. The van der Waals surface area contributed by atoms with Crippen LogP contribution in [0.3, 0.4) is 0 Å². The third kappa shape index (κ3) is 4.46. The van der Waals surface area contributed by atoms with Gasteiger partial charge in [0.1, 0.15) is 5.82 Å². The van der Waals surface area contributed by atoms with Gasteiger partial charge < -0.3 is 5.32 Å². The largest absolute Gasteiger partial charge is 0.310 e. The van der Waals surface area contributed by atoms with Gasteiger partial charge in [0.2, 0.25) is 5.91 Å². The van der Waals surface area contributed by atoms with Crippen LogP contribution in [-0.4, -0.2) is 40.4 Å². The van der Waals surface area contributed by atoms with Gasteiger partial charge in [-0.15, -0.1) is 0 Å². The summed E-state index contributed by atoms with van der Waals surface area (Å²) in [7, 11) is 0. The average molecular weight is 321 g/mol. The summed E-state index contributed by atoms with van der Waals surface area (Å²) in [6.45, 7) is 11.2. The maximum absolute atomic E-state index is 12.3. The zero-order valence-corrected chi connectivity index (χ0v) is 14.9. The maximum atomic E-state index is 12.3. The first kappa shape index (κ1) is 17.3. The average Bonchev–Trinajstić information content (AvgIpc) is 2.51. The molecule has 122 valence electrons. The lowest BCUT2D eigenvalue weighted by Gasteiger charge is -2.27. The first-order valence-electron chi connectivity index (χ1n) is 7.99. The molecule has 0 aliphatic carbocycles. The molecule has 0 bridgehead atoms. The van der Waals surface area contributed by atoms with Gasteiger partial charge in [-0.3, -0.25) is 9.69 Å². The Morgan fingerprint density at radius 3 is 2.73 bits per heavy atom. The van der Waals surface area contributed by atoms with Crippen LogP contribution in [0.1, 0.15) is 38.3 Å². The highest BCUT2D eigenvalue weighted by molar-refractivity contribution is 7.99. The molecule has 0 unspecified atom stereocenters. The molecule has 0 aromatic carbocycles. The third-order valence-corrected chi connectivity index (χ3v) is 5.40. The van der Waals surface area contributed by atoms with Gasteiger partial charge in [0.25, 0.3) is 0 Å². The van der Waals surface area contributed by atoms with Crippen molar-refractivity contribution in [3.63, 3.8) is 0 Å². The lowest BCUT2D eigenvalue weighted by Crippen LogP contribution is -2.32. The fourth-order valence-electron chi connectivity index (χ4n) is 2.25. The maximum Gasteiger partial charge on any atom is 0.231 e. The monoisotopic (exact) mass is 321 g/mol. The second-order valence-electron chi connectivity index (χ2n) is 6.58. The lowest BCUT2D eigenvalue weighted by molar-refractivity contribution is -0.124. The SMILES string of the molecule is CCC(C)(C)C(=O)Nc1cc(CN2CCSCC2)c(C)cn1. The van der Waals surface area contributed by atoms with Crippen LogP contribution >= 0.6 is 11.8 Å². The van der Waals surface area contributed by atoms with E-state index in [0.29, 0.717) is 5.82 Å². The Morgan fingerprint density at radius 1 is 1.41 bits per heavy atom. The normalized spacial score (nSPS) is 16.5. The van der Waals surface area contributed by atoms with Gasteiger partial charge in [0, 0.05) is 42.8 Å². The molecule has 0 spiro atoms. The standard InChI is InChI=1S/C17H27N3OS/c1-5-17(3,4)16(21)19-15-10-14(13(2)11-18-15)12-20-6-8-22-9-7-20/h10-11H,5-9,12H2,1-4H3,(H,18,19,21). The molecule has 5 heteroatoms. The van der Waals surface area contributed by atoms with Crippen LogP contribution in [-0.2, 0) is 11.3 Å². The van der Waals surface area contributed by atoms with E-state index in [9.17, 15) is 4.79 Å². The topological polar surface area (TPSA) is 45.2 Å². The highest BCUT2D eigenvalue weighted by Gasteiger charge is 2.25. The number of nitrogens with one attached hydrogen (secondary N) is 1. The Kier molecular flexibility index (Phi) is 5.87. The van der Waals surface area contributed by atoms with Crippen molar-refractivity contribution in [2.75, 3.05) is 29.9 Å². The predicted molar refractivity (Wildman–Crippen MR) is 94.3 cm³/mol. The van der Waals surface area contributed by atoms with Crippen molar-refractivity contribution in [2.24, 2.45) is 5.41 Å². The van der Waals surface area contributed by atoms with E-state index in [1.165, 1.54) is 22.6 Å². The molecule has 1 amide bonds. The summed E-state index contributed by atoms with van der Waals surface area (Å²) in [6, 6.07) is 2.03. The summed E-state index contributed by atoms with van der Waals surface area (Å²) in [6.07, 6.45) is 2.67. The van der Waals surface area contributed by atoms with Crippen LogP contribution in [0.15, 0.2) is 12.3 Å². The van der Waals surface area contributed by atoms with Crippen LogP contribution in [0.2, 0.25) is 0 Å². The van der Waals surface area contributed by atoms with Crippen molar-refractivity contribution in [3.05, 3.63) is 23.4 Å². The molecule has 2 rings (SSSR count). The smallest absolute Gasteiger partial charge is 0.231 e. The predicted octanol–water partition coefficient (Wildman–Crippen LogP) is 3.31. The van der Waals surface area contributed by atoms with Crippen molar-refractivity contribution < 1.29 is 4.79 Å². The Balaban J connectivity index is 2.07. The second kappa shape index (κ2) is 7.47. The molecule has 0 radical (unpaired) electrons. The molecule has 1 aliphatic heterocycles. The zero-order valence-electron chi connectivity index (χ0n) is 14.1. The summed E-state index contributed by atoms with van der Waals surface area (Å²) < 4.78 is 0. The molecule has 1 saturated heterocycles. The molecule has 1 N–H and O–H groups in total. The van der Waals surface area contributed by atoms with E-state index < -0.39 is 0 Å². The number of thioether (sulfide) groups is 1. The fraction of sp³-hybridized carbons (Fsp3) is 0.647. The minimum atomic E-state index is -0.364. The lowest BCUT2D eigenvalue weighted by atomic mass is 9.89. The zero-order chi connectivity index (χ0) is 16.2. The van der Waals surface area contributed by atoms with Crippen molar-refractivity contribution in [2.45, 2.75) is 40.7 Å². The second-order valence-corrected chi connectivity index (χ2v) is 7.80. The molecule has 1 aromatic heterocycles. The minimum Gasteiger partial charge on any atom is -0.310 e. The van der Waals surface area contributed by atoms with Gasteiger partial charge >= 0.3 is 0 Å². The number of amides is 1. The Hall–Kier alpha value is -1.07. The summed E-state index contributed by atoms with van der Waals surface area (Å²) in [4.78, 5) is 19.1. The Bertz CT molecular complexity index is 525. The molecule has 22 heavy (non-hydrogen) atoms. The van der Waals surface area contributed by atoms with Crippen LogP contribution in [0.5, 0.6) is 0 Å². The van der Waals surface area contributed by atoms with Crippen molar-refractivity contribution in [3.8, 4) is 0 Å². The van der Waals surface area contributed by atoms with Crippen LogP contribution in [0, 0.1) is 12.3 Å². The number of anilines is 1. The number of hydrogen-bond acceptors (Lipinski definition) is 4. The van der Waals surface area contributed by atoms with Crippen molar-refractivity contribution >= 4 is 23.5 Å².